The van der Waals surface area contributed by atoms with Crippen LogP contribution in [0.15, 0.2) is 18.2 Å². The van der Waals surface area contributed by atoms with E-state index >= 15 is 0 Å². The normalized spacial score (nSPS) is 12.4. The van der Waals surface area contributed by atoms with Crippen LogP contribution in [0.2, 0.25) is 0 Å². The van der Waals surface area contributed by atoms with Crippen molar-refractivity contribution >= 4 is 17.3 Å². The number of anilines is 2. The lowest BCUT2D eigenvalue weighted by atomic mass is 10.0. The summed E-state index contributed by atoms with van der Waals surface area (Å²) in [5.74, 6) is -0.331. The molecule has 0 aliphatic rings. The average molecular weight is 250 g/mol. The van der Waals surface area contributed by atoms with Gasteiger partial charge in [0.25, 0.3) is 0 Å². The molecule has 4 nitrogen and oxygen atoms in total. The number of nitrogens with two attached hydrogens (primary N) is 1. The van der Waals surface area contributed by atoms with E-state index in [2.05, 4.69) is 26.1 Å². The molecule has 1 atom stereocenters. The minimum atomic E-state index is -0.994. The third kappa shape index (κ3) is 3.95. The summed E-state index contributed by atoms with van der Waals surface area (Å²) < 4.78 is 0. The van der Waals surface area contributed by atoms with Gasteiger partial charge in [0.1, 0.15) is 0 Å². The maximum Gasteiger partial charge on any atom is 0.337 e. The monoisotopic (exact) mass is 250 g/mol. The molecule has 0 spiro atoms. The van der Waals surface area contributed by atoms with Crippen LogP contribution >= 0.6 is 0 Å². The van der Waals surface area contributed by atoms with E-state index in [1.165, 1.54) is 6.07 Å². The largest absolute Gasteiger partial charge is 0.478 e. The van der Waals surface area contributed by atoms with Crippen LogP contribution in [0.5, 0.6) is 0 Å². The van der Waals surface area contributed by atoms with Crippen molar-refractivity contribution in [3.05, 3.63) is 23.8 Å². The number of carbonyl (C=O) groups is 1. The molecule has 0 radical (unpaired) electrons. The second-order valence-electron chi connectivity index (χ2n) is 5.09. The van der Waals surface area contributed by atoms with Crippen molar-refractivity contribution in [2.45, 2.75) is 39.7 Å². The third-order valence-electron chi connectivity index (χ3n) is 2.92. The Kier molecular flexibility index (Phi) is 5.01. The Balaban J connectivity index is 2.73. The molecule has 0 aromatic heterocycles. The number of rotatable bonds is 6. The van der Waals surface area contributed by atoms with Gasteiger partial charge in [-0.2, -0.15) is 0 Å². The van der Waals surface area contributed by atoms with Gasteiger partial charge in [0.15, 0.2) is 0 Å². The zero-order valence-corrected chi connectivity index (χ0v) is 11.2. The number of benzene rings is 1. The zero-order chi connectivity index (χ0) is 13.7. The first-order valence-electron chi connectivity index (χ1n) is 6.30. The third-order valence-corrected chi connectivity index (χ3v) is 2.92. The summed E-state index contributed by atoms with van der Waals surface area (Å²) >= 11 is 0. The van der Waals surface area contributed by atoms with Gasteiger partial charge >= 0.3 is 5.97 Å². The topological polar surface area (TPSA) is 75.3 Å². The first-order chi connectivity index (χ1) is 8.41. The zero-order valence-electron chi connectivity index (χ0n) is 11.2. The van der Waals surface area contributed by atoms with Gasteiger partial charge in [-0.05, 0) is 37.8 Å². The van der Waals surface area contributed by atoms with Crippen LogP contribution in [0.4, 0.5) is 11.4 Å². The molecule has 0 fully saturated rings. The number of para-hydroxylation sites is 1. The highest BCUT2D eigenvalue weighted by Crippen LogP contribution is 2.24. The van der Waals surface area contributed by atoms with Gasteiger partial charge in [-0.3, -0.25) is 0 Å². The maximum atomic E-state index is 11.0. The SMILES string of the molecule is CC(C)CCC(C)Nc1cccc(C(=O)O)c1N. The minimum absolute atomic E-state index is 0.149. The Morgan fingerprint density at radius 3 is 2.56 bits per heavy atom. The fourth-order valence-corrected chi connectivity index (χ4v) is 1.80. The Bertz CT molecular complexity index is 416. The smallest absolute Gasteiger partial charge is 0.337 e. The molecule has 0 heterocycles. The molecule has 0 aliphatic carbocycles. The molecule has 1 aromatic carbocycles. The van der Waals surface area contributed by atoms with E-state index in [1.54, 1.807) is 6.07 Å². The van der Waals surface area contributed by atoms with Gasteiger partial charge in [-0.25, -0.2) is 4.79 Å². The van der Waals surface area contributed by atoms with Crippen LogP contribution in [0, 0.1) is 5.92 Å². The van der Waals surface area contributed by atoms with Crippen LogP contribution in [-0.2, 0) is 0 Å². The number of nitrogens with one attached hydrogen (secondary N) is 1. The van der Waals surface area contributed by atoms with Gasteiger partial charge in [-0.1, -0.05) is 19.9 Å². The lowest BCUT2D eigenvalue weighted by Crippen LogP contribution is -2.17. The van der Waals surface area contributed by atoms with E-state index in [-0.39, 0.29) is 11.6 Å². The van der Waals surface area contributed by atoms with Crippen molar-refractivity contribution in [2.75, 3.05) is 11.1 Å². The van der Waals surface area contributed by atoms with E-state index in [4.69, 9.17) is 10.8 Å². The number of hydrogen-bond acceptors (Lipinski definition) is 3. The fraction of sp³-hybridized carbons (Fsp3) is 0.500. The number of carboxylic acid groups (broad SMARTS) is 1. The molecule has 0 amide bonds. The predicted octanol–water partition coefficient (Wildman–Crippen LogP) is 3.20. The lowest BCUT2D eigenvalue weighted by Gasteiger charge is -2.18. The van der Waals surface area contributed by atoms with Crippen LogP contribution < -0.4 is 11.1 Å². The highest BCUT2D eigenvalue weighted by molar-refractivity contribution is 5.97. The minimum Gasteiger partial charge on any atom is -0.478 e. The maximum absolute atomic E-state index is 11.0. The van der Waals surface area contributed by atoms with Crippen molar-refractivity contribution in [1.29, 1.82) is 0 Å². The second-order valence-corrected chi connectivity index (χ2v) is 5.09. The summed E-state index contributed by atoms with van der Waals surface area (Å²) in [6, 6.07) is 5.31. The van der Waals surface area contributed by atoms with Gasteiger partial charge < -0.3 is 16.2 Å². The molecule has 0 saturated heterocycles. The Morgan fingerprint density at radius 1 is 1.33 bits per heavy atom. The number of hydrogen-bond donors (Lipinski definition) is 3. The molecular formula is C14H22N2O2. The lowest BCUT2D eigenvalue weighted by molar-refractivity contribution is 0.0698. The molecule has 18 heavy (non-hydrogen) atoms. The predicted molar refractivity (Wildman–Crippen MR) is 75.0 cm³/mol. The fourth-order valence-electron chi connectivity index (χ4n) is 1.80. The molecular weight excluding hydrogens is 228 g/mol. The highest BCUT2D eigenvalue weighted by atomic mass is 16.4. The van der Waals surface area contributed by atoms with Gasteiger partial charge in [-0.15, -0.1) is 0 Å². The van der Waals surface area contributed by atoms with Gasteiger partial charge in [0, 0.05) is 6.04 Å². The Labute approximate surface area is 108 Å². The summed E-state index contributed by atoms with van der Waals surface area (Å²) in [4.78, 5) is 11.0. The second kappa shape index (κ2) is 6.28. The van der Waals surface area contributed by atoms with Gasteiger partial charge in [0.05, 0.1) is 16.9 Å². The molecule has 1 aromatic rings. The quantitative estimate of drug-likeness (QED) is 0.678. The Hall–Kier alpha value is -1.71. The molecule has 100 valence electrons. The number of carboxylic acids is 1. The van der Waals surface area contributed by atoms with Crippen molar-refractivity contribution < 1.29 is 9.90 Å². The van der Waals surface area contributed by atoms with Crippen molar-refractivity contribution in [3.8, 4) is 0 Å². The van der Waals surface area contributed by atoms with E-state index in [0.29, 0.717) is 17.3 Å². The standard InChI is InChI=1S/C14H22N2O2/c1-9(2)7-8-10(3)16-12-6-4-5-11(13(12)15)14(17)18/h4-6,9-10,16H,7-8,15H2,1-3H3,(H,17,18). The Morgan fingerprint density at radius 2 is 2.00 bits per heavy atom. The first kappa shape index (κ1) is 14.4. The average Bonchev–Trinajstić information content (AvgIpc) is 2.29. The highest BCUT2D eigenvalue weighted by Gasteiger charge is 2.12. The van der Waals surface area contributed by atoms with Crippen LogP contribution in [-0.4, -0.2) is 17.1 Å². The number of nitrogen functional groups attached to an aromatic ring is 1. The van der Waals surface area contributed by atoms with Crippen molar-refractivity contribution in [2.24, 2.45) is 5.92 Å². The van der Waals surface area contributed by atoms with Crippen molar-refractivity contribution in [1.82, 2.24) is 0 Å². The summed E-state index contributed by atoms with van der Waals surface area (Å²) in [5, 5.41) is 12.3. The van der Waals surface area contributed by atoms with E-state index in [1.807, 2.05) is 6.07 Å². The molecule has 0 saturated carbocycles. The van der Waals surface area contributed by atoms with Crippen LogP contribution in [0.1, 0.15) is 44.0 Å². The van der Waals surface area contributed by atoms with Crippen LogP contribution in [0.3, 0.4) is 0 Å². The first-order valence-corrected chi connectivity index (χ1v) is 6.30. The number of aromatic carboxylic acids is 1. The summed E-state index contributed by atoms with van der Waals surface area (Å²) in [6.07, 6.45) is 2.17. The molecule has 0 bridgehead atoms. The van der Waals surface area contributed by atoms with Crippen molar-refractivity contribution in [3.63, 3.8) is 0 Å². The molecule has 1 unspecified atom stereocenters. The van der Waals surface area contributed by atoms with E-state index < -0.39 is 5.97 Å². The summed E-state index contributed by atoms with van der Waals surface area (Å²) in [6.45, 7) is 6.45. The summed E-state index contributed by atoms with van der Waals surface area (Å²) in [5.41, 5.74) is 7.00. The van der Waals surface area contributed by atoms with E-state index in [9.17, 15) is 4.79 Å². The molecule has 0 aliphatic heterocycles. The molecule has 4 N–H and O–H groups in total. The molecule has 4 heteroatoms. The molecule has 1 rings (SSSR count). The van der Waals surface area contributed by atoms with Crippen LogP contribution in [0.25, 0.3) is 0 Å². The summed E-state index contributed by atoms with van der Waals surface area (Å²) in [7, 11) is 0. The van der Waals surface area contributed by atoms with Gasteiger partial charge in [0.2, 0.25) is 0 Å². The van der Waals surface area contributed by atoms with E-state index in [0.717, 1.165) is 12.8 Å².